The monoisotopic (exact) mass is 243 g/mol. The summed E-state index contributed by atoms with van der Waals surface area (Å²) in [6.07, 6.45) is 5.95. The van der Waals surface area contributed by atoms with Crippen molar-refractivity contribution >= 4 is 11.6 Å². The molecule has 1 aliphatic rings. The van der Waals surface area contributed by atoms with Gasteiger partial charge in [-0.15, -0.1) is 0 Å². The second-order valence-electron chi connectivity index (χ2n) is 4.83. The Kier molecular flexibility index (Phi) is 2.78. The molecule has 2 heterocycles. The number of hydrogen-bond donors (Lipinski definition) is 1. The molecule has 1 saturated carbocycles. The largest absolute Gasteiger partial charge is 0.348 e. The zero-order valence-electron chi connectivity index (χ0n) is 10.5. The first-order valence-corrected chi connectivity index (χ1v) is 6.56. The van der Waals surface area contributed by atoms with E-state index in [0.29, 0.717) is 11.7 Å². The molecule has 94 valence electrons. The maximum atomic E-state index is 12.3. The molecular weight excluding hydrogens is 226 g/mol. The molecule has 0 saturated heterocycles. The molecule has 0 spiro atoms. The molecule has 4 nitrogen and oxygen atoms in total. The first-order valence-electron chi connectivity index (χ1n) is 6.56. The van der Waals surface area contributed by atoms with Crippen molar-refractivity contribution in [3.8, 4) is 0 Å². The van der Waals surface area contributed by atoms with Crippen LogP contribution in [0.25, 0.3) is 5.65 Å². The van der Waals surface area contributed by atoms with E-state index < -0.39 is 0 Å². The third kappa shape index (κ3) is 1.98. The average Bonchev–Trinajstić information content (AvgIpc) is 3.09. The van der Waals surface area contributed by atoms with E-state index in [1.165, 1.54) is 0 Å². The zero-order valence-corrected chi connectivity index (χ0v) is 10.5. The van der Waals surface area contributed by atoms with Crippen LogP contribution in [0.3, 0.4) is 0 Å². The first-order chi connectivity index (χ1) is 8.79. The van der Waals surface area contributed by atoms with Crippen LogP contribution in [0, 0.1) is 0 Å². The summed E-state index contributed by atoms with van der Waals surface area (Å²) >= 11 is 0. The van der Waals surface area contributed by atoms with Crippen molar-refractivity contribution in [1.82, 2.24) is 14.7 Å². The minimum absolute atomic E-state index is 0.0136. The molecule has 1 N–H and O–H groups in total. The number of carbonyl (C=O) groups excluding carboxylic acids is 1. The fourth-order valence-electron chi connectivity index (χ4n) is 2.18. The van der Waals surface area contributed by atoms with Crippen molar-refractivity contribution < 1.29 is 4.79 Å². The highest BCUT2D eigenvalue weighted by atomic mass is 16.2. The Bertz CT molecular complexity index is 584. The molecule has 2 aromatic heterocycles. The van der Waals surface area contributed by atoms with Gasteiger partial charge in [-0.2, -0.15) is 0 Å². The van der Waals surface area contributed by atoms with Crippen LogP contribution in [0.4, 0.5) is 0 Å². The molecular formula is C14H17N3O. The second-order valence-corrected chi connectivity index (χ2v) is 4.83. The molecule has 1 amide bonds. The molecule has 2 aromatic rings. The second kappa shape index (κ2) is 4.44. The minimum Gasteiger partial charge on any atom is -0.348 e. The summed E-state index contributed by atoms with van der Waals surface area (Å²) in [5.41, 5.74) is 2.46. The number of fused-ring (bicyclic) bond motifs is 1. The standard InChI is InChI=1S/C14H17N3O/c1-2-5-11-13(14(18)15-10-7-8-10)17-9-4-3-6-12(17)16-11/h3-4,6,9-10H,2,5,7-8H2,1H3,(H,15,18). The SMILES string of the molecule is CCCc1nc2ccccn2c1C(=O)NC1CC1. The number of amides is 1. The predicted molar refractivity (Wildman–Crippen MR) is 69.7 cm³/mol. The van der Waals surface area contributed by atoms with Gasteiger partial charge in [0.2, 0.25) is 0 Å². The number of nitrogens with zero attached hydrogens (tertiary/aromatic N) is 2. The molecule has 0 aliphatic heterocycles. The van der Waals surface area contributed by atoms with Crippen molar-refractivity contribution in [3.63, 3.8) is 0 Å². The Morgan fingerprint density at radius 1 is 1.50 bits per heavy atom. The van der Waals surface area contributed by atoms with E-state index in [-0.39, 0.29) is 5.91 Å². The van der Waals surface area contributed by atoms with Gasteiger partial charge in [0.1, 0.15) is 11.3 Å². The van der Waals surface area contributed by atoms with Crippen LogP contribution in [-0.4, -0.2) is 21.3 Å². The number of imidazole rings is 1. The number of nitrogens with one attached hydrogen (secondary N) is 1. The van der Waals surface area contributed by atoms with Gasteiger partial charge in [-0.3, -0.25) is 9.20 Å². The summed E-state index contributed by atoms with van der Waals surface area (Å²) in [7, 11) is 0. The maximum absolute atomic E-state index is 12.3. The van der Waals surface area contributed by atoms with Crippen LogP contribution < -0.4 is 5.32 Å². The van der Waals surface area contributed by atoms with E-state index in [1.807, 2.05) is 28.8 Å². The summed E-state index contributed by atoms with van der Waals surface area (Å²) in [4.78, 5) is 16.8. The van der Waals surface area contributed by atoms with Gasteiger partial charge in [0.25, 0.3) is 5.91 Å². The van der Waals surface area contributed by atoms with Crippen molar-refractivity contribution in [2.24, 2.45) is 0 Å². The first kappa shape index (κ1) is 11.3. The van der Waals surface area contributed by atoms with Crippen LogP contribution in [0.2, 0.25) is 0 Å². The quantitative estimate of drug-likeness (QED) is 0.894. The Morgan fingerprint density at radius 3 is 3.06 bits per heavy atom. The zero-order chi connectivity index (χ0) is 12.5. The predicted octanol–water partition coefficient (Wildman–Crippen LogP) is 2.18. The van der Waals surface area contributed by atoms with Crippen molar-refractivity contribution in [1.29, 1.82) is 0 Å². The molecule has 0 aromatic carbocycles. The van der Waals surface area contributed by atoms with Gasteiger partial charge in [0, 0.05) is 12.2 Å². The van der Waals surface area contributed by atoms with E-state index in [2.05, 4.69) is 17.2 Å². The molecule has 0 unspecified atom stereocenters. The number of rotatable bonds is 4. The van der Waals surface area contributed by atoms with E-state index >= 15 is 0 Å². The Morgan fingerprint density at radius 2 is 2.33 bits per heavy atom. The summed E-state index contributed by atoms with van der Waals surface area (Å²) in [5.74, 6) is 0.0136. The van der Waals surface area contributed by atoms with Crippen LogP contribution in [-0.2, 0) is 6.42 Å². The van der Waals surface area contributed by atoms with E-state index in [4.69, 9.17) is 0 Å². The highest BCUT2D eigenvalue weighted by Crippen LogP contribution is 2.21. The lowest BCUT2D eigenvalue weighted by atomic mass is 10.2. The van der Waals surface area contributed by atoms with Crippen molar-refractivity contribution in [2.45, 2.75) is 38.6 Å². The Balaban J connectivity index is 2.04. The lowest BCUT2D eigenvalue weighted by molar-refractivity contribution is 0.0944. The normalized spacial score (nSPS) is 14.9. The third-order valence-electron chi connectivity index (χ3n) is 3.22. The van der Waals surface area contributed by atoms with Crippen molar-refractivity contribution in [3.05, 3.63) is 35.8 Å². The molecule has 3 rings (SSSR count). The molecule has 0 atom stereocenters. The van der Waals surface area contributed by atoms with Crippen LogP contribution >= 0.6 is 0 Å². The molecule has 4 heteroatoms. The fourth-order valence-corrected chi connectivity index (χ4v) is 2.18. The summed E-state index contributed by atoms with van der Waals surface area (Å²) in [5, 5.41) is 3.05. The van der Waals surface area contributed by atoms with E-state index in [9.17, 15) is 4.79 Å². The van der Waals surface area contributed by atoms with Gasteiger partial charge in [-0.05, 0) is 31.4 Å². The van der Waals surface area contributed by atoms with Gasteiger partial charge in [0.15, 0.2) is 0 Å². The molecule has 18 heavy (non-hydrogen) atoms. The average molecular weight is 243 g/mol. The number of aryl methyl sites for hydroxylation is 1. The van der Waals surface area contributed by atoms with Crippen LogP contribution in [0.1, 0.15) is 42.4 Å². The van der Waals surface area contributed by atoms with Gasteiger partial charge < -0.3 is 5.32 Å². The molecule has 1 aliphatic carbocycles. The van der Waals surface area contributed by atoms with Crippen molar-refractivity contribution in [2.75, 3.05) is 0 Å². The van der Waals surface area contributed by atoms with E-state index in [1.54, 1.807) is 0 Å². The summed E-state index contributed by atoms with van der Waals surface area (Å²) in [6.45, 7) is 2.10. The Labute approximate surface area is 106 Å². The van der Waals surface area contributed by atoms with Crippen LogP contribution in [0.5, 0.6) is 0 Å². The Hall–Kier alpha value is -1.84. The molecule has 0 bridgehead atoms. The topological polar surface area (TPSA) is 46.4 Å². The number of carbonyl (C=O) groups is 1. The number of pyridine rings is 1. The van der Waals surface area contributed by atoms with Gasteiger partial charge in [0.05, 0.1) is 5.69 Å². The van der Waals surface area contributed by atoms with E-state index in [0.717, 1.165) is 37.0 Å². The highest BCUT2D eigenvalue weighted by Gasteiger charge is 2.26. The molecule has 0 radical (unpaired) electrons. The van der Waals surface area contributed by atoms with Gasteiger partial charge in [-0.1, -0.05) is 19.4 Å². The third-order valence-corrected chi connectivity index (χ3v) is 3.22. The molecule has 1 fully saturated rings. The van der Waals surface area contributed by atoms with Gasteiger partial charge >= 0.3 is 0 Å². The fraction of sp³-hybridized carbons (Fsp3) is 0.429. The highest BCUT2D eigenvalue weighted by molar-refractivity contribution is 5.95. The number of aromatic nitrogens is 2. The summed E-state index contributed by atoms with van der Waals surface area (Å²) in [6, 6.07) is 6.19. The van der Waals surface area contributed by atoms with Gasteiger partial charge in [-0.25, -0.2) is 4.98 Å². The maximum Gasteiger partial charge on any atom is 0.270 e. The van der Waals surface area contributed by atoms with Crippen LogP contribution in [0.15, 0.2) is 24.4 Å². The lowest BCUT2D eigenvalue weighted by Gasteiger charge is -2.05. The smallest absolute Gasteiger partial charge is 0.270 e. The lowest BCUT2D eigenvalue weighted by Crippen LogP contribution is -2.27. The summed E-state index contributed by atoms with van der Waals surface area (Å²) < 4.78 is 1.89. The minimum atomic E-state index is 0.0136. The number of hydrogen-bond acceptors (Lipinski definition) is 2.